The van der Waals surface area contributed by atoms with E-state index in [4.69, 9.17) is 4.74 Å². The molecule has 0 heterocycles. The largest absolute Gasteiger partial charge is 0.497 e. The fourth-order valence-electron chi connectivity index (χ4n) is 2.66. The van der Waals surface area contributed by atoms with Crippen LogP contribution in [0.3, 0.4) is 0 Å². The normalized spacial score (nSPS) is 10.6. The van der Waals surface area contributed by atoms with Crippen molar-refractivity contribution >= 4 is 16.6 Å². The van der Waals surface area contributed by atoms with E-state index in [0.717, 1.165) is 33.2 Å². The summed E-state index contributed by atoms with van der Waals surface area (Å²) >= 11 is 0. The molecular weight excluding hydrogens is 260 g/mol. The number of fused-ring (bicyclic) bond motifs is 1. The van der Waals surface area contributed by atoms with E-state index < -0.39 is 0 Å². The number of rotatable bonds is 3. The third-order valence-electron chi connectivity index (χ3n) is 3.68. The van der Waals surface area contributed by atoms with Gasteiger partial charge in [0.15, 0.2) is 5.78 Å². The number of hydrogen-bond donors (Lipinski definition) is 0. The van der Waals surface area contributed by atoms with Crippen molar-refractivity contribution in [2.45, 2.75) is 6.92 Å². The maximum absolute atomic E-state index is 12.2. The van der Waals surface area contributed by atoms with Crippen molar-refractivity contribution in [2.24, 2.45) is 0 Å². The Morgan fingerprint density at radius 3 is 2.29 bits per heavy atom. The lowest BCUT2D eigenvalue weighted by Gasteiger charge is -2.11. The number of benzene rings is 3. The lowest BCUT2D eigenvalue weighted by molar-refractivity contribution is 0.102. The van der Waals surface area contributed by atoms with Crippen molar-refractivity contribution in [3.05, 3.63) is 66.2 Å². The van der Waals surface area contributed by atoms with Crippen LogP contribution >= 0.6 is 0 Å². The zero-order valence-corrected chi connectivity index (χ0v) is 12.1. The maximum atomic E-state index is 12.2. The van der Waals surface area contributed by atoms with Crippen molar-refractivity contribution in [3.8, 4) is 16.9 Å². The molecule has 0 radical (unpaired) electrons. The molecule has 0 unspecified atom stereocenters. The first kappa shape index (κ1) is 13.4. The highest BCUT2D eigenvalue weighted by Crippen LogP contribution is 2.31. The van der Waals surface area contributed by atoms with Gasteiger partial charge >= 0.3 is 0 Å². The zero-order chi connectivity index (χ0) is 14.8. The fraction of sp³-hybridized carbons (Fsp3) is 0.105. The van der Waals surface area contributed by atoms with Crippen LogP contribution in [0.1, 0.15) is 17.3 Å². The van der Waals surface area contributed by atoms with Crippen LogP contribution in [0.25, 0.3) is 21.9 Å². The molecule has 0 saturated heterocycles. The number of hydrogen-bond acceptors (Lipinski definition) is 2. The molecule has 0 saturated carbocycles. The predicted octanol–water partition coefficient (Wildman–Crippen LogP) is 4.72. The molecular formula is C19H16O2. The van der Waals surface area contributed by atoms with Gasteiger partial charge in [-0.25, -0.2) is 0 Å². The molecule has 104 valence electrons. The molecule has 0 bridgehead atoms. The van der Waals surface area contributed by atoms with Crippen molar-refractivity contribution in [2.75, 3.05) is 7.11 Å². The summed E-state index contributed by atoms with van der Waals surface area (Å²) in [4.78, 5) is 12.2. The number of Topliss-reactive ketones (excluding diaryl/α,β-unsaturated/α-hetero) is 1. The summed E-state index contributed by atoms with van der Waals surface area (Å²) in [6.07, 6.45) is 0. The van der Waals surface area contributed by atoms with Crippen molar-refractivity contribution in [3.63, 3.8) is 0 Å². The minimum absolute atomic E-state index is 0.0811. The highest BCUT2D eigenvalue weighted by Gasteiger charge is 2.13. The molecule has 21 heavy (non-hydrogen) atoms. The van der Waals surface area contributed by atoms with Crippen LogP contribution in [0.15, 0.2) is 60.7 Å². The smallest absolute Gasteiger partial charge is 0.161 e. The van der Waals surface area contributed by atoms with Gasteiger partial charge in [-0.05, 0) is 41.0 Å². The van der Waals surface area contributed by atoms with E-state index >= 15 is 0 Å². The molecule has 3 rings (SSSR count). The van der Waals surface area contributed by atoms with Gasteiger partial charge in [-0.3, -0.25) is 4.79 Å². The van der Waals surface area contributed by atoms with E-state index in [1.807, 2.05) is 54.6 Å². The summed E-state index contributed by atoms with van der Waals surface area (Å²) in [6, 6.07) is 19.8. The summed E-state index contributed by atoms with van der Waals surface area (Å²) in [6.45, 7) is 1.62. The first-order valence-electron chi connectivity index (χ1n) is 6.88. The average Bonchev–Trinajstić information content (AvgIpc) is 2.53. The molecule has 0 spiro atoms. The number of carbonyl (C=O) groups excluding carboxylic acids is 1. The van der Waals surface area contributed by atoms with Gasteiger partial charge in [0.2, 0.25) is 0 Å². The molecule has 0 atom stereocenters. The van der Waals surface area contributed by atoms with Gasteiger partial charge in [0.05, 0.1) is 7.11 Å². The van der Waals surface area contributed by atoms with Gasteiger partial charge in [0.1, 0.15) is 5.75 Å². The standard InChI is InChI=1S/C19H16O2/c1-13(20)19-17-6-4-3-5-14(17)9-12-18(19)15-7-10-16(21-2)11-8-15/h3-12H,1-2H3. The maximum Gasteiger partial charge on any atom is 0.161 e. The Morgan fingerprint density at radius 2 is 1.62 bits per heavy atom. The van der Waals surface area contributed by atoms with E-state index in [1.54, 1.807) is 14.0 Å². The van der Waals surface area contributed by atoms with E-state index in [2.05, 4.69) is 6.07 Å². The molecule has 0 fully saturated rings. The van der Waals surface area contributed by atoms with Gasteiger partial charge in [-0.1, -0.05) is 48.5 Å². The van der Waals surface area contributed by atoms with Gasteiger partial charge in [-0.15, -0.1) is 0 Å². The van der Waals surface area contributed by atoms with Crippen molar-refractivity contribution < 1.29 is 9.53 Å². The Balaban J connectivity index is 2.26. The van der Waals surface area contributed by atoms with Gasteiger partial charge in [0, 0.05) is 5.56 Å². The Bertz CT molecular complexity index is 801. The van der Waals surface area contributed by atoms with Crippen molar-refractivity contribution in [1.29, 1.82) is 0 Å². The molecule has 0 aromatic heterocycles. The minimum atomic E-state index is 0.0811. The van der Waals surface area contributed by atoms with Crippen LogP contribution in [-0.4, -0.2) is 12.9 Å². The second kappa shape index (κ2) is 5.41. The molecule has 0 aliphatic heterocycles. The Morgan fingerprint density at radius 1 is 0.905 bits per heavy atom. The molecule has 0 amide bonds. The summed E-state index contributed by atoms with van der Waals surface area (Å²) in [5.74, 6) is 0.890. The van der Waals surface area contributed by atoms with Crippen LogP contribution < -0.4 is 4.74 Å². The zero-order valence-electron chi connectivity index (χ0n) is 12.1. The molecule has 0 aliphatic rings. The SMILES string of the molecule is COc1ccc(-c2ccc3ccccc3c2C(C)=O)cc1. The molecule has 2 heteroatoms. The second-order valence-corrected chi connectivity index (χ2v) is 4.99. The highest BCUT2D eigenvalue weighted by molar-refractivity contribution is 6.12. The highest BCUT2D eigenvalue weighted by atomic mass is 16.5. The minimum Gasteiger partial charge on any atom is -0.497 e. The summed E-state index contributed by atoms with van der Waals surface area (Å²) in [7, 11) is 1.64. The van der Waals surface area contributed by atoms with Crippen LogP contribution in [0.4, 0.5) is 0 Å². The molecule has 0 aliphatic carbocycles. The number of ether oxygens (including phenoxy) is 1. The Hall–Kier alpha value is -2.61. The number of methoxy groups -OCH3 is 1. The average molecular weight is 276 g/mol. The monoisotopic (exact) mass is 276 g/mol. The topological polar surface area (TPSA) is 26.3 Å². The van der Waals surface area contributed by atoms with E-state index in [9.17, 15) is 4.79 Å². The fourth-order valence-corrected chi connectivity index (χ4v) is 2.66. The van der Waals surface area contributed by atoms with Gasteiger partial charge in [-0.2, -0.15) is 0 Å². The Labute approximate surface area is 124 Å². The van der Waals surface area contributed by atoms with Gasteiger partial charge in [0.25, 0.3) is 0 Å². The summed E-state index contributed by atoms with van der Waals surface area (Å²) in [5, 5.41) is 2.08. The van der Waals surface area contributed by atoms with E-state index in [-0.39, 0.29) is 5.78 Å². The Kier molecular flexibility index (Phi) is 3.44. The molecule has 0 N–H and O–H groups in total. The predicted molar refractivity (Wildman–Crippen MR) is 85.9 cm³/mol. The molecule has 3 aromatic rings. The first-order valence-corrected chi connectivity index (χ1v) is 6.88. The lowest BCUT2D eigenvalue weighted by atomic mass is 9.92. The van der Waals surface area contributed by atoms with E-state index in [1.165, 1.54) is 0 Å². The van der Waals surface area contributed by atoms with Crippen LogP contribution in [0.2, 0.25) is 0 Å². The molecule has 3 aromatic carbocycles. The van der Waals surface area contributed by atoms with Crippen LogP contribution in [0.5, 0.6) is 5.75 Å². The number of ketones is 1. The molecule has 2 nitrogen and oxygen atoms in total. The van der Waals surface area contributed by atoms with Crippen LogP contribution in [0, 0.1) is 0 Å². The summed E-state index contributed by atoms with van der Waals surface area (Å²) in [5.41, 5.74) is 2.76. The lowest BCUT2D eigenvalue weighted by Crippen LogP contribution is -1.98. The summed E-state index contributed by atoms with van der Waals surface area (Å²) < 4.78 is 5.19. The van der Waals surface area contributed by atoms with E-state index in [0.29, 0.717) is 0 Å². The van der Waals surface area contributed by atoms with Crippen LogP contribution in [-0.2, 0) is 0 Å². The third kappa shape index (κ3) is 2.40. The quantitative estimate of drug-likeness (QED) is 0.647. The number of carbonyl (C=O) groups is 1. The van der Waals surface area contributed by atoms with Crippen molar-refractivity contribution in [1.82, 2.24) is 0 Å². The van der Waals surface area contributed by atoms with Gasteiger partial charge < -0.3 is 4.74 Å². The first-order chi connectivity index (χ1) is 10.2. The third-order valence-corrected chi connectivity index (χ3v) is 3.68. The second-order valence-electron chi connectivity index (χ2n) is 4.99.